The molecule has 1 rings (SSSR count). The molecule has 0 unspecified atom stereocenters. The molecule has 1 aromatic heterocycles. The monoisotopic (exact) mass is 168 g/mol. The summed E-state index contributed by atoms with van der Waals surface area (Å²) < 4.78 is 0. The number of aromatic nitrogens is 2. The normalized spacial score (nSPS) is 9.17. The zero-order valence-corrected chi connectivity index (χ0v) is 6.14. The van der Waals surface area contributed by atoms with Crippen LogP contribution in [0.25, 0.3) is 0 Å². The van der Waals surface area contributed by atoms with Gasteiger partial charge in [0.25, 0.3) is 0 Å². The Balaban J connectivity index is 2.78. The Morgan fingerprint density at radius 2 is 2.42 bits per heavy atom. The molecule has 1 heterocycles. The van der Waals surface area contributed by atoms with E-state index in [-0.39, 0.29) is 5.82 Å². The first-order valence-electron chi connectivity index (χ1n) is 3.07. The standard InChI is InChI=1S/C5H8N6O/c6-10-5(12)11(7)4-1-2-8-3-9-4/h1-3H,6-7H2,(H,10,12). The molecule has 0 saturated carbocycles. The SMILES string of the molecule is NNC(=O)N(N)c1ccncn1. The Morgan fingerprint density at radius 3 is 2.92 bits per heavy atom. The molecule has 0 aliphatic rings. The smallest absolute Gasteiger partial charge is 0.274 e. The first-order chi connectivity index (χ1) is 5.75. The quantitative estimate of drug-likeness (QED) is 0.275. The van der Waals surface area contributed by atoms with Crippen LogP contribution in [0.1, 0.15) is 0 Å². The first kappa shape index (κ1) is 8.37. The van der Waals surface area contributed by atoms with Crippen LogP contribution in [0.15, 0.2) is 18.6 Å². The topological polar surface area (TPSA) is 110 Å². The fourth-order valence-electron chi connectivity index (χ4n) is 0.600. The molecule has 7 nitrogen and oxygen atoms in total. The van der Waals surface area contributed by atoms with Crippen molar-refractivity contribution in [1.29, 1.82) is 0 Å². The van der Waals surface area contributed by atoms with Crippen molar-refractivity contribution in [2.24, 2.45) is 11.7 Å². The van der Waals surface area contributed by atoms with Crippen molar-refractivity contribution in [3.63, 3.8) is 0 Å². The molecule has 0 spiro atoms. The molecule has 0 aromatic carbocycles. The van der Waals surface area contributed by atoms with Crippen LogP contribution >= 0.6 is 0 Å². The minimum atomic E-state index is -0.645. The minimum absolute atomic E-state index is 0.271. The van der Waals surface area contributed by atoms with Crippen LogP contribution in [0.3, 0.4) is 0 Å². The lowest BCUT2D eigenvalue weighted by Gasteiger charge is -2.13. The summed E-state index contributed by atoms with van der Waals surface area (Å²) in [5.74, 6) is 10.4. The molecule has 0 saturated heterocycles. The number of nitrogens with zero attached hydrogens (tertiary/aromatic N) is 3. The van der Waals surface area contributed by atoms with Gasteiger partial charge in [0.2, 0.25) is 0 Å². The lowest BCUT2D eigenvalue weighted by molar-refractivity contribution is 0.246. The fourth-order valence-corrected chi connectivity index (χ4v) is 0.600. The third-order valence-electron chi connectivity index (χ3n) is 1.16. The lowest BCUT2D eigenvalue weighted by Crippen LogP contribution is -2.48. The number of rotatable bonds is 1. The highest BCUT2D eigenvalue weighted by molar-refractivity contribution is 5.88. The predicted octanol–water partition coefficient (Wildman–Crippen LogP) is -1.26. The molecule has 64 valence electrons. The second-order valence-corrected chi connectivity index (χ2v) is 1.89. The third-order valence-corrected chi connectivity index (χ3v) is 1.16. The number of carbonyl (C=O) groups excluding carboxylic acids is 1. The van der Waals surface area contributed by atoms with Gasteiger partial charge in [-0.25, -0.2) is 31.5 Å². The van der Waals surface area contributed by atoms with Gasteiger partial charge in [-0.05, 0) is 0 Å². The molecule has 7 heteroatoms. The van der Waals surface area contributed by atoms with Crippen LogP contribution < -0.4 is 22.1 Å². The van der Waals surface area contributed by atoms with Gasteiger partial charge in [0.15, 0.2) is 5.82 Å². The maximum atomic E-state index is 10.8. The number of urea groups is 1. The summed E-state index contributed by atoms with van der Waals surface area (Å²) in [5.41, 5.74) is 1.86. The van der Waals surface area contributed by atoms with Gasteiger partial charge in [-0.3, -0.25) is 5.43 Å². The number of hydrogen-bond acceptors (Lipinski definition) is 5. The third kappa shape index (κ3) is 1.65. The minimum Gasteiger partial charge on any atom is -0.274 e. The van der Waals surface area contributed by atoms with E-state index >= 15 is 0 Å². The van der Waals surface area contributed by atoms with E-state index in [1.807, 2.05) is 5.43 Å². The summed E-state index contributed by atoms with van der Waals surface area (Å²) in [7, 11) is 0. The highest BCUT2D eigenvalue weighted by Gasteiger charge is 2.09. The van der Waals surface area contributed by atoms with Crippen molar-refractivity contribution in [1.82, 2.24) is 15.4 Å². The highest BCUT2D eigenvalue weighted by atomic mass is 16.2. The Morgan fingerprint density at radius 1 is 1.67 bits per heavy atom. The molecule has 0 aliphatic heterocycles. The van der Waals surface area contributed by atoms with Gasteiger partial charge in [-0.15, -0.1) is 0 Å². The predicted molar refractivity (Wildman–Crippen MR) is 41.4 cm³/mol. The van der Waals surface area contributed by atoms with Crippen molar-refractivity contribution in [2.45, 2.75) is 0 Å². The molecule has 0 fully saturated rings. The summed E-state index contributed by atoms with van der Waals surface area (Å²) >= 11 is 0. The summed E-state index contributed by atoms with van der Waals surface area (Å²) in [5, 5.41) is 0.779. The van der Waals surface area contributed by atoms with Gasteiger partial charge in [0, 0.05) is 12.3 Å². The molecule has 2 amide bonds. The average Bonchev–Trinajstić information content (AvgIpc) is 2.17. The lowest BCUT2D eigenvalue weighted by atomic mass is 10.6. The molecule has 12 heavy (non-hydrogen) atoms. The Kier molecular flexibility index (Phi) is 2.51. The average molecular weight is 168 g/mol. The van der Waals surface area contributed by atoms with Crippen LogP contribution in [-0.4, -0.2) is 16.0 Å². The number of nitrogens with two attached hydrogens (primary N) is 2. The summed E-state index contributed by atoms with van der Waals surface area (Å²) in [6.07, 6.45) is 2.74. The molecular weight excluding hydrogens is 160 g/mol. The highest BCUT2D eigenvalue weighted by Crippen LogP contribution is 2.01. The molecule has 0 bridgehead atoms. The largest absolute Gasteiger partial charge is 0.351 e. The van der Waals surface area contributed by atoms with E-state index < -0.39 is 6.03 Å². The van der Waals surface area contributed by atoms with Crippen LogP contribution in [0.5, 0.6) is 0 Å². The number of hydrazine groups is 2. The second kappa shape index (κ2) is 3.60. The molecule has 1 aromatic rings. The van der Waals surface area contributed by atoms with Gasteiger partial charge in [0.05, 0.1) is 0 Å². The number of amides is 2. The zero-order chi connectivity index (χ0) is 8.97. The van der Waals surface area contributed by atoms with E-state index in [1.165, 1.54) is 18.6 Å². The van der Waals surface area contributed by atoms with Gasteiger partial charge in [0.1, 0.15) is 6.33 Å². The molecule has 0 radical (unpaired) electrons. The summed E-state index contributed by atoms with van der Waals surface area (Å²) in [6.45, 7) is 0. The van der Waals surface area contributed by atoms with Crippen molar-refractivity contribution in [3.05, 3.63) is 18.6 Å². The van der Waals surface area contributed by atoms with E-state index in [0.717, 1.165) is 5.01 Å². The van der Waals surface area contributed by atoms with E-state index in [1.54, 1.807) is 0 Å². The number of hydrogen-bond donors (Lipinski definition) is 3. The first-order valence-corrected chi connectivity index (χ1v) is 3.07. The van der Waals surface area contributed by atoms with Gasteiger partial charge < -0.3 is 0 Å². The van der Waals surface area contributed by atoms with E-state index in [2.05, 4.69) is 9.97 Å². The van der Waals surface area contributed by atoms with Crippen molar-refractivity contribution in [3.8, 4) is 0 Å². The Labute approximate surface area is 68.3 Å². The maximum absolute atomic E-state index is 10.8. The van der Waals surface area contributed by atoms with E-state index in [4.69, 9.17) is 11.7 Å². The van der Waals surface area contributed by atoms with Crippen LogP contribution in [-0.2, 0) is 0 Å². The van der Waals surface area contributed by atoms with Gasteiger partial charge >= 0.3 is 6.03 Å². The second-order valence-electron chi connectivity index (χ2n) is 1.89. The van der Waals surface area contributed by atoms with Gasteiger partial charge in [-0.1, -0.05) is 0 Å². The van der Waals surface area contributed by atoms with Crippen molar-refractivity contribution in [2.75, 3.05) is 5.01 Å². The molecule has 5 N–H and O–H groups in total. The van der Waals surface area contributed by atoms with E-state index in [9.17, 15) is 4.79 Å². The van der Waals surface area contributed by atoms with Crippen LogP contribution in [0.2, 0.25) is 0 Å². The van der Waals surface area contributed by atoms with Crippen LogP contribution in [0, 0.1) is 0 Å². The number of anilines is 1. The van der Waals surface area contributed by atoms with Crippen LogP contribution in [0.4, 0.5) is 10.6 Å². The zero-order valence-electron chi connectivity index (χ0n) is 6.14. The number of carbonyl (C=O) groups is 1. The fraction of sp³-hybridized carbons (Fsp3) is 0. The van der Waals surface area contributed by atoms with Crippen molar-refractivity contribution >= 4 is 11.8 Å². The van der Waals surface area contributed by atoms with E-state index in [0.29, 0.717) is 0 Å². The summed E-state index contributed by atoms with van der Waals surface area (Å²) in [4.78, 5) is 18.2. The van der Waals surface area contributed by atoms with Gasteiger partial charge in [-0.2, -0.15) is 0 Å². The Hall–Kier alpha value is -1.73. The Bertz CT molecular complexity index is 262. The molecule has 0 aliphatic carbocycles. The molecule has 0 atom stereocenters. The van der Waals surface area contributed by atoms with Crippen molar-refractivity contribution < 1.29 is 4.79 Å². The maximum Gasteiger partial charge on any atom is 0.351 e. The summed E-state index contributed by atoms with van der Waals surface area (Å²) in [6, 6.07) is 0.837. The molecular formula is C5H8N6O. The number of nitrogens with one attached hydrogen (secondary N) is 1.